The van der Waals surface area contributed by atoms with Gasteiger partial charge in [0.2, 0.25) is 0 Å². The van der Waals surface area contributed by atoms with Gasteiger partial charge in [0.05, 0.1) is 0 Å². The summed E-state index contributed by atoms with van der Waals surface area (Å²) in [5, 5.41) is 6.64. The number of furan rings is 2. The maximum Gasteiger partial charge on any atom is 0.164 e. The van der Waals surface area contributed by atoms with Crippen molar-refractivity contribution < 1.29 is 8.83 Å². The molecule has 0 aliphatic heterocycles. The van der Waals surface area contributed by atoms with Crippen molar-refractivity contribution in [3.8, 4) is 56.4 Å². The quantitative estimate of drug-likeness (QED) is 0.175. The summed E-state index contributed by atoms with van der Waals surface area (Å²) in [5.74, 6) is 1.83. The molecule has 0 saturated heterocycles. The number of hydrogen-bond acceptors (Lipinski definition) is 6. The summed E-state index contributed by atoms with van der Waals surface area (Å²) in [5.41, 5.74) is 10.7. The van der Waals surface area contributed by atoms with Crippen molar-refractivity contribution in [1.82, 2.24) is 15.0 Å². The van der Waals surface area contributed by atoms with Gasteiger partial charge in [-0.2, -0.15) is 0 Å². The SMILES string of the molecule is c1ccc(-c2cc(-c3cccc4c3sc3cc(-c5nc(-c6ccccc6)nc(-c6cccc7oc8ccccc8c67)n5)ccc34)c3oc4ccccc4c3c2)cc1. The fourth-order valence-electron chi connectivity index (χ4n) is 8.28. The van der Waals surface area contributed by atoms with E-state index in [0.29, 0.717) is 17.5 Å². The van der Waals surface area contributed by atoms with Gasteiger partial charge in [-0.25, -0.2) is 15.0 Å². The van der Waals surface area contributed by atoms with Gasteiger partial charge in [0.1, 0.15) is 22.3 Å². The average molecular weight is 748 g/mol. The second-order valence-corrected chi connectivity index (χ2v) is 15.4. The van der Waals surface area contributed by atoms with Crippen LogP contribution in [-0.4, -0.2) is 15.0 Å². The normalized spacial score (nSPS) is 11.9. The molecule has 8 aromatic carbocycles. The minimum Gasteiger partial charge on any atom is -0.456 e. The maximum atomic E-state index is 6.65. The molecule has 6 heteroatoms. The molecular formula is C51H29N3O2S. The molecule has 0 aliphatic carbocycles. The number of fused-ring (bicyclic) bond motifs is 9. The number of benzene rings is 8. The molecule has 4 aromatic heterocycles. The Balaban J connectivity index is 1.06. The molecule has 0 radical (unpaired) electrons. The van der Waals surface area contributed by atoms with E-state index < -0.39 is 0 Å². The Bertz CT molecular complexity index is 3530. The third kappa shape index (κ3) is 5.12. The van der Waals surface area contributed by atoms with E-state index in [9.17, 15) is 0 Å². The van der Waals surface area contributed by atoms with E-state index in [0.717, 1.165) is 82.0 Å². The van der Waals surface area contributed by atoms with E-state index in [4.69, 9.17) is 23.8 Å². The molecule has 12 rings (SSSR count). The zero-order chi connectivity index (χ0) is 37.5. The summed E-state index contributed by atoms with van der Waals surface area (Å²) in [6.45, 7) is 0. The van der Waals surface area contributed by atoms with Crippen LogP contribution in [0.4, 0.5) is 0 Å². The summed E-state index contributed by atoms with van der Waals surface area (Å²) in [6.07, 6.45) is 0. The van der Waals surface area contributed by atoms with Gasteiger partial charge < -0.3 is 8.83 Å². The molecule has 0 saturated carbocycles. The molecule has 0 fully saturated rings. The van der Waals surface area contributed by atoms with Crippen molar-refractivity contribution >= 4 is 75.4 Å². The lowest BCUT2D eigenvalue weighted by Crippen LogP contribution is -2.00. The third-order valence-corrected chi connectivity index (χ3v) is 12.1. The molecule has 0 spiro atoms. The van der Waals surface area contributed by atoms with E-state index in [2.05, 4.69) is 109 Å². The average Bonchev–Trinajstić information content (AvgIpc) is 3.98. The Labute approximate surface area is 330 Å². The monoisotopic (exact) mass is 747 g/mol. The highest BCUT2D eigenvalue weighted by atomic mass is 32.1. The van der Waals surface area contributed by atoms with Crippen LogP contribution >= 0.6 is 11.3 Å². The van der Waals surface area contributed by atoms with Crippen LogP contribution in [0.1, 0.15) is 0 Å². The maximum absolute atomic E-state index is 6.65. The first-order chi connectivity index (χ1) is 28.2. The van der Waals surface area contributed by atoms with Crippen LogP contribution in [0.25, 0.3) is 120 Å². The Hall–Kier alpha value is -7.41. The predicted molar refractivity (Wildman–Crippen MR) is 234 cm³/mol. The predicted octanol–water partition coefficient (Wildman–Crippen LogP) is 14.4. The smallest absolute Gasteiger partial charge is 0.164 e. The fraction of sp³-hybridized carbons (Fsp3) is 0. The van der Waals surface area contributed by atoms with Gasteiger partial charge in [-0.3, -0.25) is 0 Å². The van der Waals surface area contributed by atoms with Gasteiger partial charge >= 0.3 is 0 Å². The number of para-hydroxylation sites is 2. The van der Waals surface area contributed by atoms with Crippen LogP contribution in [0, 0.1) is 0 Å². The van der Waals surface area contributed by atoms with Crippen molar-refractivity contribution in [2.24, 2.45) is 0 Å². The van der Waals surface area contributed by atoms with E-state index in [-0.39, 0.29) is 0 Å². The lowest BCUT2D eigenvalue weighted by atomic mass is 9.95. The van der Waals surface area contributed by atoms with Crippen molar-refractivity contribution in [2.45, 2.75) is 0 Å². The van der Waals surface area contributed by atoms with Crippen LogP contribution in [0.5, 0.6) is 0 Å². The second kappa shape index (κ2) is 12.6. The molecule has 0 bridgehead atoms. The van der Waals surface area contributed by atoms with Crippen molar-refractivity contribution in [2.75, 3.05) is 0 Å². The molecule has 4 heterocycles. The highest BCUT2D eigenvalue weighted by Gasteiger charge is 2.21. The highest BCUT2D eigenvalue weighted by Crippen LogP contribution is 2.46. The van der Waals surface area contributed by atoms with Gasteiger partial charge in [0, 0.05) is 69.5 Å². The van der Waals surface area contributed by atoms with Gasteiger partial charge in [0.15, 0.2) is 17.5 Å². The molecular weight excluding hydrogens is 719 g/mol. The molecule has 0 amide bonds. The van der Waals surface area contributed by atoms with Crippen LogP contribution < -0.4 is 0 Å². The Kier molecular flexibility index (Phi) is 7.03. The number of thiophene rings is 1. The Morgan fingerprint density at radius 1 is 0.351 bits per heavy atom. The first-order valence-electron chi connectivity index (χ1n) is 18.9. The van der Waals surface area contributed by atoms with Gasteiger partial charge in [-0.15, -0.1) is 11.3 Å². The van der Waals surface area contributed by atoms with Crippen LogP contribution in [-0.2, 0) is 0 Å². The molecule has 0 aliphatic rings. The molecule has 266 valence electrons. The molecule has 0 atom stereocenters. The lowest BCUT2D eigenvalue weighted by molar-refractivity contribution is 0.669. The minimum absolute atomic E-state index is 0.600. The van der Waals surface area contributed by atoms with E-state index in [1.54, 1.807) is 11.3 Å². The zero-order valence-corrected chi connectivity index (χ0v) is 31.1. The van der Waals surface area contributed by atoms with Crippen LogP contribution in [0.15, 0.2) is 185 Å². The first kappa shape index (κ1) is 31.9. The zero-order valence-electron chi connectivity index (χ0n) is 30.3. The van der Waals surface area contributed by atoms with Crippen LogP contribution in [0.3, 0.4) is 0 Å². The van der Waals surface area contributed by atoms with Gasteiger partial charge in [0.25, 0.3) is 0 Å². The van der Waals surface area contributed by atoms with Crippen molar-refractivity contribution in [1.29, 1.82) is 0 Å². The van der Waals surface area contributed by atoms with Crippen LogP contribution in [0.2, 0.25) is 0 Å². The third-order valence-electron chi connectivity index (χ3n) is 10.9. The van der Waals surface area contributed by atoms with Gasteiger partial charge in [-0.1, -0.05) is 140 Å². The van der Waals surface area contributed by atoms with Gasteiger partial charge in [-0.05, 0) is 47.5 Å². The van der Waals surface area contributed by atoms with E-state index in [1.165, 1.54) is 21.0 Å². The minimum atomic E-state index is 0.600. The summed E-state index contributed by atoms with van der Waals surface area (Å²) in [7, 11) is 0. The second-order valence-electron chi connectivity index (χ2n) is 14.3. The molecule has 0 N–H and O–H groups in total. The molecule has 57 heavy (non-hydrogen) atoms. The Morgan fingerprint density at radius 2 is 0.982 bits per heavy atom. The summed E-state index contributed by atoms with van der Waals surface area (Å²) >= 11 is 1.79. The van der Waals surface area contributed by atoms with E-state index in [1.807, 2.05) is 66.7 Å². The fourth-order valence-corrected chi connectivity index (χ4v) is 9.55. The van der Waals surface area contributed by atoms with Crippen molar-refractivity contribution in [3.63, 3.8) is 0 Å². The standard InChI is InChI=1S/C51H29N3O2S/c1-3-13-30(14-4-1)33-27-40-34-17-7-9-22-42(34)56-47(40)41(28-33)37-20-11-19-36-35-26-25-32(29-45(35)57-48(36)37)50-52-49(31-15-5-2-6-16-31)53-51(54-50)39-21-12-24-44-46(39)38-18-8-10-23-43(38)55-44/h1-29H. The molecule has 0 unspecified atom stereocenters. The number of aromatic nitrogens is 3. The number of hydrogen-bond donors (Lipinski definition) is 0. The summed E-state index contributed by atoms with van der Waals surface area (Å²) < 4.78 is 15.3. The molecule has 12 aromatic rings. The summed E-state index contributed by atoms with van der Waals surface area (Å²) in [6, 6.07) is 60.9. The molecule has 5 nitrogen and oxygen atoms in total. The lowest BCUT2D eigenvalue weighted by Gasteiger charge is -2.09. The topological polar surface area (TPSA) is 65.0 Å². The number of rotatable bonds is 5. The summed E-state index contributed by atoms with van der Waals surface area (Å²) in [4.78, 5) is 15.4. The highest BCUT2D eigenvalue weighted by molar-refractivity contribution is 7.26. The largest absolute Gasteiger partial charge is 0.456 e. The van der Waals surface area contributed by atoms with Crippen molar-refractivity contribution in [3.05, 3.63) is 176 Å². The Morgan fingerprint density at radius 3 is 1.81 bits per heavy atom. The number of nitrogens with zero attached hydrogens (tertiary/aromatic N) is 3. The van der Waals surface area contributed by atoms with E-state index >= 15 is 0 Å². The first-order valence-corrected chi connectivity index (χ1v) is 19.7.